The average Bonchev–Trinajstić information content (AvgIpc) is 3.56. The molecule has 0 unspecified atom stereocenters. The van der Waals surface area contributed by atoms with Gasteiger partial charge in [0.2, 0.25) is 0 Å². The molecule has 2 atom stereocenters. The van der Waals surface area contributed by atoms with Gasteiger partial charge < -0.3 is 4.42 Å². The predicted octanol–water partition coefficient (Wildman–Crippen LogP) is 6.77. The van der Waals surface area contributed by atoms with Crippen LogP contribution in [0.2, 0.25) is 0 Å². The Morgan fingerprint density at radius 1 is 0.781 bits per heavy atom. The molecule has 3 aromatic carbocycles. The lowest BCUT2D eigenvalue weighted by Crippen LogP contribution is -2.20. The SMILES string of the molecule is O=C(c1ccccc1)[C@@H]1c2c(-c3ccccc3)oc(C3CC3)c2C(=O)[C@H]1c1ccccc1. The zero-order valence-electron chi connectivity index (χ0n) is 17.5. The van der Waals surface area contributed by atoms with Crippen LogP contribution in [0.3, 0.4) is 0 Å². The third kappa shape index (κ3) is 2.96. The second kappa shape index (κ2) is 7.45. The van der Waals surface area contributed by atoms with Crippen molar-refractivity contribution in [1.29, 1.82) is 0 Å². The van der Waals surface area contributed by atoms with Crippen molar-refractivity contribution in [2.75, 3.05) is 0 Å². The summed E-state index contributed by atoms with van der Waals surface area (Å²) >= 11 is 0. The summed E-state index contributed by atoms with van der Waals surface area (Å²) in [5.41, 5.74) is 3.82. The molecule has 1 aromatic heterocycles. The average molecular weight is 418 g/mol. The molecule has 2 aliphatic carbocycles. The molecule has 156 valence electrons. The zero-order valence-corrected chi connectivity index (χ0v) is 17.5. The van der Waals surface area contributed by atoms with Gasteiger partial charge in [0.1, 0.15) is 11.5 Å². The first-order valence-corrected chi connectivity index (χ1v) is 11.1. The van der Waals surface area contributed by atoms with Gasteiger partial charge in [0.15, 0.2) is 11.6 Å². The van der Waals surface area contributed by atoms with Crippen LogP contribution >= 0.6 is 0 Å². The smallest absolute Gasteiger partial charge is 0.175 e. The second-order valence-electron chi connectivity index (χ2n) is 8.68. The Kier molecular flexibility index (Phi) is 4.43. The van der Waals surface area contributed by atoms with Gasteiger partial charge >= 0.3 is 0 Å². The highest BCUT2D eigenvalue weighted by molar-refractivity contribution is 6.17. The van der Waals surface area contributed by atoms with Gasteiger partial charge in [-0.1, -0.05) is 91.0 Å². The van der Waals surface area contributed by atoms with Crippen LogP contribution in [0.5, 0.6) is 0 Å². The quantitative estimate of drug-likeness (QED) is 0.336. The van der Waals surface area contributed by atoms with Crippen molar-refractivity contribution in [3.05, 3.63) is 119 Å². The number of furan rings is 1. The molecule has 6 rings (SSSR count). The molecule has 0 radical (unpaired) electrons. The minimum atomic E-state index is -0.603. The van der Waals surface area contributed by atoms with Crippen LogP contribution in [0, 0.1) is 0 Å². The van der Waals surface area contributed by atoms with E-state index in [1.807, 2.05) is 91.0 Å². The molecular formula is C29H22O3. The van der Waals surface area contributed by atoms with Gasteiger partial charge in [-0.2, -0.15) is 0 Å². The van der Waals surface area contributed by atoms with E-state index in [1.165, 1.54) is 0 Å². The number of ketones is 2. The van der Waals surface area contributed by atoms with Crippen molar-refractivity contribution in [3.63, 3.8) is 0 Å². The molecule has 3 nitrogen and oxygen atoms in total. The Morgan fingerprint density at radius 3 is 2.00 bits per heavy atom. The molecule has 4 aromatic rings. The molecule has 1 fully saturated rings. The van der Waals surface area contributed by atoms with Crippen LogP contribution in [0.1, 0.15) is 68.2 Å². The number of Topliss-reactive ketones (excluding diaryl/α,β-unsaturated/α-hetero) is 2. The van der Waals surface area contributed by atoms with E-state index in [4.69, 9.17) is 4.42 Å². The number of rotatable bonds is 5. The number of fused-ring (bicyclic) bond motifs is 1. The minimum absolute atomic E-state index is 0.00770. The van der Waals surface area contributed by atoms with Crippen molar-refractivity contribution in [2.24, 2.45) is 0 Å². The fraction of sp³-hybridized carbons (Fsp3) is 0.172. The van der Waals surface area contributed by atoms with Crippen LogP contribution in [0.15, 0.2) is 95.4 Å². The highest BCUT2D eigenvalue weighted by atomic mass is 16.3. The van der Waals surface area contributed by atoms with E-state index in [-0.39, 0.29) is 17.5 Å². The third-order valence-electron chi connectivity index (χ3n) is 6.63. The van der Waals surface area contributed by atoms with E-state index >= 15 is 0 Å². The van der Waals surface area contributed by atoms with Crippen molar-refractivity contribution < 1.29 is 14.0 Å². The maximum Gasteiger partial charge on any atom is 0.175 e. The van der Waals surface area contributed by atoms with Gasteiger partial charge in [-0.05, 0) is 18.4 Å². The van der Waals surface area contributed by atoms with Crippen LogP contribution in [-0.2, 0) is 0 Å². The van der Waals surface area contributed by atoms with Crippen molar-refractivity contribution in [2.45, 2.75) is 30.6 Å². The van der Waals surface area contributed by atoms with Crippen LogP contribution in [-0.4, -0.2) is 11.6 Å². The summed E-state index contributed by atoms with van der Waals surface area (Å²) in [6.45, 7) is 0. The zero-order chi connectivity index (χ0) is 21.7. The van der Waals surface area contributed by atoms with Gasteiger partial charge in [0, 0.05) is 22.6 Å². The van der Waals surface area contributed by atoms with E-state index in [0.29, 0.717) is 16.9 Å². The third-order valence-corrected chi connectivity index (χ3v) is 6.63. The highest BCUT2D eigenvalue weighted by Crippen LogP contribution is 2.55. The Bertz CT molecular complexity index is 1300. The number of benzene rings is 3. The molecule has 1 saturated carbocycles. The molecule has 2 aliphatic rings. The van der Waals surface area contributed by atoms with Gasteiger partial charge in [-0.15, -0.1) is 0 Å². The first-order chi connectivity index (χ1) is 15.7. The lowest BCUT2D eigenvalue weighted by atomic mass is 9.80. The summed E-state index contributed by atoms with van der Waals surface area (Å²) < 4.78 is 6.40. The molecule has 0 saturated heterocycles. The number of carbonyl (C=O) groups is 2. The van der Waals surface area contributed by atoms with Gasteiger partial charge in [0.05, 0.1) is 17.4 Å². The topological polar surface area (TPSA) is 47.3 Å². The van der Waals surface area contributed by atoms with Gasteiger partial charge in [-0.3, -0.25) is 9.59 Å². The number of hydrogen-bond acceptors (Lipinski definition) is 3. The summed E-state index contributed by atoms with van der Waals surface area (Å²) in [4.78, 5) is 27.9. The van der Waals surface area contributed by atoms with Gasteiger partial charge in [0.25, 0.3) is 0 Å². The second-order valence-corrected chi connectivity index (χ2v) is 8.68. The molecule has 0 bridgehead atoms. The Hall–Kier alpha value is -3.72. The lowest BCUT2D eigenvalue weighted by molar-refractivity contribution is 0.0887. The van der Waals surface area contributed by atoms with Crippen molar-refractivity contribution in [1.82, 2.24) is 0 Å². The van der Waals surface area contributed by atoms with E-state index in [1.54, 1.807) is 0 Å². The minimum Gasteiger partial charge on any atom is -0.460 e. The van der Waals surface area contributed by atoms with E-state index in [9.17, 15) is 9.59 Å². The van der Waals surface area contributed by atoms with Crippen molar-refractivity contribution >= 4 is 11.6 Å². The van der Waals surface area contributed by atoms with Crippen LogP contribution < -0.4 is 0 Å². The maximum atomic E-state index is 13.9. The highest BCUT2D eigenvalue weighted by Gasteiger charge is 2.51. The summed E-state index contributed by atoms with van der Waals surface area (Å²) in [6.07, 6.45) is 2.05. The molecule has 0 aliphatic heterocycles. The molecule has 1 heterocycles. The summed E-state index contributed by atoms with van der Waals surface area (Å²) in [5.74, 6) is 0.545. The largest absolute Gasteiger partial charge is 0.460 e. The summed E-state index contributed by atoms with van der Waals surface area (Å²) in [6, 6.07) is 28.8. The number of hydrogen-bond donors (Lipinski definition) is 0. The number of carbonyl (C=O) groups excluding carboxylic acids is 2. The summed E-state index contributed by atoms with van der Waals surface area (Å²) in [7, 11) is 0. The molecule has 0 amide bonds. The molecular weight excluding hydrogens is 396 g/mol. The normalized spacial score (nSPS) is 19.7. The predicted molar refractivity (Wildman–Crippen MR) is 123 cm³/mol. The Labute approximate surface area is 186 Å². The molecule has 0 spiro atoms. The lowest BCUT2D eigenvalue weighted by Gasteiger charge is -2.20. The van der Waals surface area contributed by atoms with E-state index in [0.717, 1.165) is 35.3 Å². The molecule has 32 heavy (non-hydrogen) atoms. The summed E-state index contributed by atoms with van der Waals surface area (Å²) in [5, 5.41) is 0. The van der Waals surface area contributed by atoms with Crippen molar-refractivity contribution in [3.8, 4) is 11.3 Å². The Balaban J connectivity index is 1.61. The van der Waals surface area contributed by atoms with Gasteiger partial charge in [-0.25, -0.2) is 0 Å². The molecule has 3 heteroatoms. The van der Waals surface area contributed by atoms with Crippen LogP contribution in [0.25, 0.3) is 11.3 Å². The fourth-order valence-corrected chi connectivity index (χ4v) is 4.99. The van der Waals surface area contributed by atoms with E-state index < -0.39 is 11.8 Å². The standard InChI is InChI=1S/C29H22O3/c30-26(19-12-6-2-7-13-19)23-22(18-10-4-1-5-11-18)27(31)25-24(23)28(20-14-8-3-9-15-20)32-29(25)21-16-17-21/h1-15,21-23H,16-17H2/t22-,23-/m0/s1. The molecule has 0 N–H and O–H groups in total. The van der Waals surface area contributed by atoms with Crippen LogP contribution in [0.4, 0.5) is 0 Å². The monoisotopic (exact) mass is 418 g/mol. The first kappa shape index (κ1) is 19.0. The van der Waals surface area contributed by atoms with E-state index in [2.05, 4.69) is 0 Å². The maximum absolute atomic E-state index is 13.9. The Morgan fingerprint density at radius 2 is 1.38 bits per heavy atom. The first-order valence-electron chi connectivity index (χ1n) is 11.1. The fourth-order valence-electron chi connectivity index (χ4n) is 4.99.